The number of hydrogen-bond donors (Lipinski definition) is 6. The fourth-order valence-corrected chi connectivity index (χ4v) is 6.03. The Balaban J connectivity index is 1.98. The Hall–Kier alpha value is -4.53. The molecule has 8 N–H and O–H groups in total. The summed E-state index contributed by atoms with van der Waals surface area (Å²) in [5.41, 5.74) is 10.7. The fraction of sp³-hybridized carbons (Fsp3) is 0.0833. The van der Waals surface area contributed by atoms with Crippen molar-refractivity contribution in [1.29, 1.82) is 0 Å². The van der Waals surface area contributed by atoms with Crippen molar-refractivity contribution in [1.82, 2.24) is 0 Å². The van der Waals surface area contributed by atoms with Crippen molar-refractivity contribution in [3.8, 4) is 5.75 Å². The highest BCUT2D eigenvalue weighted by Gasteiger charge is 2.25. The van der Waals surface area contributed by atoms with Crippen LogP contribution < -0.4 is 11.5 Å². The molecule has 0 aliphatic carbocycles. The molecule has 0 heterocycles. The van der Waals surface area contributed by atoms with Crippen LogP contribution >= 0.6 is 0 Å². The van der Waals surface area contributed by atoms with E-state index in [1.807, 2.05) is 0 Å². The predicted octanol–water partition coefficient (Wildman–Crippen LogP) is 4.90. The van der Waals surface area contributed by atoms with Crippen molar-refractivity contribution < 1.29 is 44.0 Å². The Morgan fingerprint density at radius 2 is 1.21 bits per heavy atom. The lowest BCUT2D eigenvalue weighted by Crippen LogP contribution is -2.01. The molecule has 0 amide bonds. The molecule has 0 saturated carbocycles. The summed E-state index contributed by atoms with van der Waals surface area (Å²) >= 11 is 0. The number of rotatable bonds is 7. The van der Waals surface area contributed by atoms with Crippen molar-refractivity contribution in [2.24, 2.45) is 20.5 Å². The van der Waals surface area contributed by atoms with E-state index in [4.69, 9.17) is 11.5 Å². The molecule has 4 aromatic carbocycles. The molecule has 0 radical (unpaired) electrons. The number of hydrogen-bond acceptors (Lipinski definition) is 13. The lowest BCUT2D eigenvalue weighted by atomic mass is 10.0. The zero-order valence-electron chi connectivity index (χ0n) is 22.0. The Bertz CT molecular complexity index is 2220. The highest BCUT2D eigenvalue weighted by Crippen LogP contribution is 2.47. The number of azo groups is 2. The number of nitrogens with zero attached hydrogens (tertiary/aromatic N) is 4. The Morgan fingerprint density at radius 1 is 0.628 bits per heavy atom. The SMILES string of the molecule is Cc1ccc(N=Nc2c(C)cc3cc(S(=O)(=O)O)c(N=Nc4cc(N)ccc4S(=O)(=O)O)c(O)c3c2N)c(S(=O)(=O)O)c1. The molecule has 0 bridgehead atoms. The molecule has 43 heavy (non-hydrogen) atoms. The van der Waals surface area contributed by atoms with Gasteiger partial charge in [0.15, 0.2) is 5.75 Å². The first-order valence-electron chi connectivity index (χ1n) is 11.6. The summed E-state index contributed by atoms with van der Waals surface area (Å²) < 4.78 is 101. The number of aromatic hydroxyl groups is 1. The number of anilines is 2. The largest absolute Gasteiger partial charge is 0.505 e. The molecule has 0 aliphatic rings. The summed E-state index contributed by atoms with van der Waals surface area (Å²) in [4.78, 5) is -2.19. The number of nitrogen functional groups attached to an aromatic ring is 2. The van der Waals surface area contributed by atoms with Crippen LogP contribution in [0.5, 0.6) is 5.75 Å². The maximum atomic E-state index is 12.2. The number of benzene rings is 4. The molecule has 16 nitrogen and oxygen atoms in total. The van der Waals surface area contributed by atoms with E-state index in [0.29, 0.717) is 5.56 Å². The summed E-state index contributed by atoms with van der Waals surface area (Å²) in [7, 11) is -14.6. The molecule has 19 heteroatoms. The molecule has 0 atom stereocenters. The Labute approximate surface area is 244 Å². The van der Waals surface area contributed by atoms with Crippen LogP contribution in [0, 0.1) is 13.8 Å². The van der Waals surface area contributed by atoms with Crippen molar-refractivity contribution in [3.63, 3.8) is 0 Å². The van der Waals surface area contributed by atoms with Gasteiger partial charge in [0.1, 0.15) is 37.4 Å². The van der Waals surface area contributed by atoms with Crippen molar-refractivity contribution in [2.45, 2.75) is 28.5 Å². The van der Waals surface area contributed by atoms with Crippen LogP contribution in [0.15, 0.2) is 83.7 Å². The normalized spacial score (nSPS) is 13.0. The number of nitrogens with two attached hydrogens (primary N) is 2. The number of fused-ring (bicyclic) bond motifs is 1. The van der Waals surface area contributed by atoms with Crippen molar-refractivity contribution in [2.75, 3.05) is 11.5 Å². The summed E-state index contributed by atoms with van der Waals surface area (Å²) in [5.74, 6) is -0.922. The molecule has 0 fully saturated rings. The van der Waals surface area contributed by atoms with Crippen molar-refractivity contribution in [3.05, 3.63) is 59.7 Å². The number of phenolic OH excluding ortho intramolecular Hbond substituents is 1. The third-order valence-corrected chi connectivity index (χ3v) is 8.64. The van der Waals surface area contributed by atoms with Crippen molar-refractivity contribution >= 4 is 75.3 Å². The van der Waals surface area contributed by atoms with Gasteiger partial charge in [0.05, 0.1) is 11.1 Å². The molecule has 4 aromatic rings. The first kappa shape index (κ1) is 31.4. The number of aryl methyl sites for hydroxylation is 2. The van der Waals surface area contributed by atoms with E-state index in [2.05, 4.69) is 20.5 Å². The maximum absolute atomic E-state index is 12.2. The fourth-order valence-electron chi connectivity index (χ4n) is 4.06. The Kier molecular flexibility index (Phi) is 8.00. The number of phenols is 1. The molecule has 226 valence electrons. The molecule has 0 spiro atoms. The predicted molar refractivity (Wildman–Crippen MR) is 155 cm³/mol. The maximum Gasteiger partial charge on any atom is 0.296 e. The smallest absolute Gasteiger partial charge is 0.296 e. The van der Waals surface area contributed by atoms with Crippen LogP contribution in [0.3, 0.4) is 0 Å². The minimum absolute atomic E-state index is 0.000424. The van der Waals surface area contributed by atoms with Crippen LogP contribution in [-0.4, -0.2) is 44.0 Å². The quantitative estimate of drug-likeness (QED) is 0.0884. The van der Waals surface area contributed by atoms with Gasteiger partial charge in [-0.2, -0.15) is 25.3 Å². The van der Waals surface area contributed by atoms with Gasteiger partial charge in [-0.25, -0.2) is 0 Å². The molecule has 0 aromatic heterocycles. The minimum atomic E-state index is -5.07. The van der Waals surface area contributed by atoms with Crippen LogP contribution in [0.1, 0.15) is 11.1 Å². The lowest BCUT2D eigenvalue weighted by Gasteiger charge is -2.14. The minimum Gasteiger partial charge on any atom is -0.505 e. The second kappa shape index (κ2) is 10.9. The molecule has 0 aliphatic heterocycles. The monoisotopic (exact) mass is 650 g/mol. The van der Waals surface area contributed by atoms with E-state index in [1.54, 1.807) is 6.92 Å². The second-order valence-corrected chi connectivity index (χ2v) is 13.3. The second-order valence-electron chi connectivity index (χ2n) is 9.15. The van der Waals surface area contributed by atoms with Crippen LogP contribution in [0.25, 0.3) is 10.8 Å². The molecule has 0 unspecified atom stereocenters. The van der Waals surface area contributed by atoms with Gasteiger partial charge in [-0.05, 0) is 72.8 Å². The van der Waals surface area contributed by atoms with Gasteiger partial charge in [0.2, 0.25) is 0 Å². The zero-order valence-corrected chi connectivity index (χ0v) is 24.5. The molecule has 0 saturated heterocycles. The van der Waals surface area contributed by atoms with E-state index in [0.717, 1.165) is 24.3 Å². The lowest BCUT2D eigenvalue weighted by molar-refractivity contribution is 0.472. The zero-order chi connectivity index (χ0) is 32.1. The molecular weight excluding hydrogens is 628 g/mol. The molecular formula is C24H22N6O10S3. The van der Waals surface area contributed by atoms with Gasteiger partial charge >= 0.3 is 0 Å². The highest BCUT2D eigenvalue weighted by atomic mass is 32.2. The van der Waals surface area contributed by atoms with Gasteiger partial charge in [-0.3, -0.25) is 13.7 Å². The van der Waals surface area contributed by atoms with Gasteiger partial charge in [-0.1, -0.05) is 6.07 Å². The summed E-state index contributed by atoms with van der Waals surface area (Å²) in [6.07, 6.45) is 0. The average molecular weight is 651 g/mol. The summed E-state index contributed by atoms with van der Waals surface area (Å²) in [5, 5.41) is 26.1. The van der Waals surface area contributed by atoms with Gasteiger partial charge < -0.3 is 16.6 Å². The van der Waals surface area contributed by atoms with Crippen LogP contribution in [0.4, 0.5) is 34.1 Å². The average Bonchev–Trinajstić information content (AvgIpc) is 2.86. The van der Waals surface area contributed by atoms with E-state index in [-0.39, 0.29) is 39.1 Å². The van der Waals surface area contributed by atoms with Gasteiger partial charge in [0.25, 0.3) is 30.4 Å². The summed E-state index contributed by atoms with van der Waals surface area (Å²) in [6, 6.07) is 9.31. The van der Waals surface area contributed by atoms with E-state index in [1.165, 1.54) is 31.2 Å². The standard InChI is InChI=1S/C24H22N6O10S3/c1-11-3-5-15(18(7-11)42(35,36)37)27-29-22-12(2)8-13-9-19(43(38,39)40)23(24(31)20(13)21(22)26)30-28-16-10-14(25)4-6-17(16)41(32,33)34/h3-10,31H,25-26H2,1-2H3,(H,32,33,34)(H,35,36,37)(H,38,39,40). The van der Waals surface area contributed by atoms with Gasteiger partial charge in [0, 0.05) is 5.69 Å². The van der Waals surface area contributed by atoms with E-state index >= 15 is 0 Å². The van der Waals surface area contributed by atoms with Crippen LogP contribution in [-0.2, 0) is 30.4 Å². The summed E-state index contributed by atoms with van der Waals surface area (Å²) in [6.45, 7) is 3.09. The Morgan fingerprint density at radius 3 is 1.81 bits per heavy atom. The first-order chi connectivity index (χ1) is 19.8. The third kappa shape index (κ3) is 6.45. The van der Waals surface area contributed by atoms with E-state index < -0.39 is 62.2 Å². The highest BCUT2D eigenvalue weighted by molar-refractivity contribution is 7.86. The third-order valence-electron chi connectivity index (χ3n) is 5.99. The first-order valence-corrected chi connectivity index (χ1v) is 16.0. The van der Waals surface area contributed by atoms with Crippen LogP contribution in [0.2, 0.25) is 0 Å². The topological polar surface area (TPSA) is 285 Å². The van der Waals surface area contributed by atoms with E-state index in [9.17, 15) is 44.0 Å². The van der Waals surface area contributed by atoms with Gasteiger partial charge in [-0.15, -0.1) is 20.5 Å². The molecule has 4 rings (SSSR count).